The topological polar surface area (TPSA) is 74.8 Å². The number of aromatic amines is 1. The van der Waals surface area contributed by atoms with Crippen molar-refractivity contribution in [2.75, 3.05) is 0 Å². The molecule has 0 saturated heterocycles. The summed E-state index contributed by atoms with van der Waals surface area (Å²) in [6.07, 6.45) is 1.32. The Morgan fingerprint density at radius 3 is 2.53 bits per heavy atom. The van der Waals surface area contributed by atoms with Crippen LogP contribution in [0.4, 0.5) is 0 Å². The summed E-state index contributed by atoms with van der Waals surface area (Å²) in [7, 11) is -3.57. The zero-order valence-electron chi connectivity index (χ0n) is 11.1. The van der Waals surface area contributed by atoms with Gasteiger partial charge in [-0.1, -0.05) is 24.3 Å². The second-order valence-corrected chi connectivity index (χ2v) is 6.21. The van der Waals surface area contributed by atoms with E-state index >= 15 is 0 Å². The summed E-state index contributed by atoms with van der Waals surface area (Å²) < 4.78 is 27.0. The first kappa shape index (κ1) is 13.8. The quantitative estimate of drug-likeness (QED) is 0.899. The van der Waals surface area contributed by atoms with Crippen LogP contribution in [0.1, 0.15) is 29.9 Å². The van der Waals surface area contributed by atoms with Crippen LogP contribution in [0.3, 0.4) is 0 Å². The molecular weight excluding hydrogens is 262 g/mol. The maximum atomic E-state index is 12.2. The molecular formula is C13H17N3O2S. The molecule has 5 nitrogen and oxygen atoms in total. The van der Waals surface area contributed by atoms with Crippen LogP contribution < -0.4 is 4.72 Å². The first-order valence-corrected chi connectivity index (χ1v) is 7.48. The van der Waals surface area contributed by atoms with E-state index in [2.05, 4.69) is 14.7 Å². The lowest BCUT2D eigenvalue weighted by Crippen LogP contribution is -2.27. The van der Waals surface area contributed by atoms with Gasteiger partial charge in [0.1, 0.15) is 5.82 Å². The third kappa shape index (κ3) is 3.02. The molecule has 6 heteroatoms. The normalized spacial score (nSPS) is 13.4. The van der Waals surface area contributed by atoms with Gasteiger partial charge in [-0.05, 0) is 31.9 Å². The molecule has 102 valence electrons. The number of nitrogens with one attached hydrogen (secondary N) is 2. The van der Waals surface area contributed by atoms with E-state index in [-0.39, 0.29) is 11.1 Å². The average Bonchev–Trinajstić information content (AvgIpc) is 2.76. The van der Waals surface area contributed by atoms with Crippen LogP contribution in [0, 0.1) is 13.8 Å². The van der Waals surface area contributed by atoms with Gasteiger partial charge in [-0.2, -0.15) is 0 Å². The highest BCUT2D eigenvalue weighted by Gasteiger charge is 2.20. The van der Waals surface area contributed by atoms with Gasteiger partial charge in [0.15, 0.2) is 5.03 Å². The number of rotatable bonds is 4. The second-order valence-electron chi connectivity index (χ2n) is 4.53. The van der Waals surface area contributed by atoms with Crippen molar-refractivity contribution < 1.29 is 8.42 Å². The number of hydrogen-bond donors (Lipinski definition) is 2. The molecule has 2 aromatic rings. The van der Waals surface area contributed by atoms with Gasteiger partial charge in [0.25, 0.3) is 10.0 Å². The molecule has 1 atom stereocenters. The molecule has 0 aliphatic carbocycles. The van der Waals surface area contributed by atoms with Gasteiger partial charge in [-0.15, -0.1) is 0 Å². The summed E-state index contributed by atoms with van der Waals surface area (Å²) in [6.45, 7) is 5.49. The average molecular weight is 279 g/mol. The lowest BCUT2D eigenvalue weighted by Gasteiger charge is -2.15. The Morgan fingerprint density at radius 2 is 1.95 bits per heavy atom. The van der Waals surface area contributed by atoms with E-state index in [1.54, 1.807) is 6.92 Å². The van der Waals surface area contributed by atoms with E-state index in [1.165, 1.54) is 6.20 Å². The van der Waals surface area contributed by atoms with Crippen molar-refractivity contribution in [3.8, 4) is 0 Å². The lowest BCUT2D eigenvalue weighted by molar-refractivity contribution is 0.563. The van der Waals surface area contributed by atoms with E-state index in [0.717, 1.165) is 11.1 Å². The summed E-state index contributed by atoms with van der Waals surface area (Å²) >= 11 is 0. The van der Waals surface area contributed by atoms with Crippen molar-refractivity contribution >= 4 is 10.0 Å². The molecule has 0 aliphatic rings. The standard InChI is InChI=1S/C13H17N3O2S/c1-9-6-4-5-7-12(9)10(2)16-19(17,18)13-8-14-11(3)15-13/h4-8,10,16H,1-3H3,(H,14,15). The first-order chi connectivity index (χ1) is 8.90. The number of hydrogen-bond acceptors (Lipinski definition) is 3. The Morgan fingerprint density at radius 1 is 1.26 bits per heavy atom. The summed E-state index contributed by atoms with van der Waals surface area (Å²) in [5.41, 5.74) is 2.01. The summed E-state index contributed by atoms with van der Waals surface area (Å²) in [5.74, 6) is 0.573. The minimum absolute atomic E-state index is 0.0884. The number of imidazole rings is 1. The molecule has 0 fully saturated rings. The molecule has 0 spiro atoms. The molecule has 1 aromatic carbocycles. The van der Waals surface area contributed by atoms with Crippen LogP contribution >= 0.6 is 0 Å². The Bertz CT molecular complexity index is 677. The van der Waals surface area contributed by atoms with Crippen LogP contribution in [0.15, 0.2) is 35.5 Å². The molecule has 0 radical (unpaired) electrons. The predicted molar refractivity (Wildman–Crippen MR) is 73.2 cm³/mol. The number of aryl methyl sites for hydroxylation is 2. The Labute approximate surface area is 113 Å². The fourth-order valence-electron chi connectivity index (χ4n) is 1.97. The van der Waals surface area contributed by atoms with Gasteiger partial charge in [0, 0.05) is 6.04 Å². The molecule has 0 saturated carbocycles. The van der Waals surface area contributed by atoms with E-state index in [4.69, 9.17) is 0 Å². The summed E-state index contributed by atoms with van der Waals surface area (Å²) in [4.78, 5) is 6.63. The smallest absolute Gasteiger partial charge is 0.258 e. The summed E-state index contributed by atoms with van der Waals surface area (Å²) in [5, 5.41) is 0.0884. The third-order valence-corrected chi connectivity index (χ3v) is 4.41. The molecule has 0 amide bonds. The Hall–Kier alpha value is -1.66. The van der Waals surface area contributed by atoms with Crippen molar-refractivity contribution in [1.29, 1.82) is 0 Å². The van der Waals surface area contributed by atoms with Crippen LogP contribution in [0.5, 0.6) is 0 Å². The van der Waals surface area contributed by atoms with Gasteiger partial charge >= 0.3 is 0 Å². The van der Waals surface area contributed by atoms with Crippen LogP contribution in [0.2, 0.25) is 0 Å². The van der Waals surface area contributed by atoms with Gasteiger partial charge in [0.05, 0.1) is 6.20 Å². The zero-order valence-corrected chi connectivity index (χ0v) is 12.0. The number of H-pyrrole nitrogens is 1. The van der Waals surface area contributed by atoms with Crippen LogP contribution in [-0.2, 0) is 10.0 Å². The summed E-state index contributed by atoms with van der Waals surface area (Å²) in [6, 6.07) is 7.40. The number of sulfonamides is 1. The molecule has 19 heavy (non-hydrogen) atoms. The van der Waals surface area contributed by atoms with Crippen molar-refractivity contribution in [2.45, 2.75) is 31.8 Å². The van der Waals surface area contributed by atoms with E-state index in [9.17, 15) is 8.42 Å². The van der Waals surface area contributed by atoms with E-state index in [0.29, 0.717) is 5.82 Å². The van der Waals surface area contributed by atoms with E-state index < -0.39 is 10.0 Å². The lowest BCUT2D eigenvalue weighted by atomic mass is 10.0. The maximum Gasteiger partial charge on any atom is 0.258 e. The van der Waals surface area contributed by atoms with Gasteiger partial charge in [-0.25, -0.2) is 18.1 Å². The minimum atomic E-state index is -3.57. The molecule has 2 N–H and O–H groups in total. The van der Waals surface area contributed by atoms with Gasteiger partial charge < -0.3 is 4.98 Å². The predicted octanol–water partition coefficient (Wildman–Crippen LogP) is 2.07. The molecule has 1 aromatic heterocycles. The highest BCUT2D eigenvalue weighted by Crippen LogP contribution is 2.19. The third-order valence-electron chi connectivity index (χ3n) is 2.96. The van der Waals surface area contributed by atoms with Crippen LogP contribution in [0.25, 0.3) is 0 Å². The van der Waals surface area contributed by atoms with Crippen molar-refractivity contribution in [3.63, 3.8) is 0 Å². The molecule has 0 bridgehead atoms. The minimum Gasteiger partial charge on any atom is -0.332 e. The fourth-order valence-corrected chi connectivity index (χ4v) is 3.16. The highest BCUT2D eigenvalue weighted by molar-refractivity contribution is 7.89. The first-order valence-electron chi connectivity index (χ1n) is 5.99. The number of aromatic nitrogens is 2. The largest absolute Gasteiger partial charge is 0.332 e. The second kappa shape index (κ2) is 5.14. The molecule has 1 unspecified atom stereocenters. The number of nitrogens with zero attached hydrogens (tertiary/aromatic N) is 1. The number of benzene rings is 1. The van der Waals surface area contributed by atoms with Gasteiger partial charge in [0.2, 0.25) is 0 Å². The highest BCUT2D eigenvalue weighted by atomic mass is 32.2. The molecule has 1 heterocycles. The fraction of sp³-hybridized carbons (Fsp3) is 0.308. The molecule has 0 aliphatic heterocycles. The maximum absolute atomic E-state index is 12.2. The van der Waals surface area contributed by atoms with Crippen molar-refractivity contribution in [1.82, 2.24) is 14.7 Å². The van der Waals surface area contributed by atoms with Crippen molar-refractivity contribution in [2.24, 2.45) is 0 Å². The zero-order chi connectivity index (χ0) is 14.0. The van der Waals surface area contributed by atoms with E-state index in [1.807, 2.05) is 38.1 Å². The van der Waals surface area contributed by atoms with Gasteiger partial charge in [-0.3, -0.25) is 0 Å². The SMILES string of the molecule is Cc1ncc(S(=O)(=O)NC(C)c2ccccc2C)[nH]1. The monoisotopic (exact) mass is 279 g/mol. The van der Waals surface area contributed by atoms with Crippen LogP contribution in [-0.4, -0.2) is 18.4 Å². The van der Waals surface area contributed by atoms with Crippen molar-refractivity contribution in [3.05, 3.63) is 47.4 Å². The Kier molecular flexibility index (Phi) is 3.73. The molecule has 2 rings (SSSR count). The Balaban J connectivity index is 2.24.